The second-order valence-electron chi connectivity index (χ2n) is 11.0. The normalized spacial score (nSPS) is 13.3. The molecule has 4 aromatic carbocycles. The number of aryl methyl sites for hydroxylation is 3. The molecule has 6 aromatic rings. The highest BCUT2D eigenvalue weighted by Crippen LogP contribution is 2.44. The molecule has 208 valence electrons. The maximum absolute atomic E-state index is 5.90. The second kappa shape index (κ2) is 9.55. The number of ether oxygens (including phenoxy) is 4. The highest BCUT2D eigenvalue weighted by atomic mass is 16.7. The third kappa shape index (κ3) is 3.75. The number of methoxy groups -OCH3 is 2. The number of pyridine rings is 1. The fraction of sp³-hybridized carbons (Fsp3) is 0.194. The predicted octanol–water partition coefficient (Wildman–Crippen LogP) is 6.85. The van der Waals surface area contributed by atoms with Crippen LogP contribution in [0.1, 0.15) is 16.7 Å². The average Bonchev–Trinajstić information content (AvgIpc) is 3.63. The topological polar surface area (TPSA) is 45.7 Å². The molecule has 0 amide bonds. The summed E-state index contributed by atoms with van der Waals surface area (Å²) in [6, 6.07) is 28.3. The van der Waals surface area contributed by atoms with Gasteiger partial charge in [0, 0.05) is 47.4 Å². The third-order valence-electron chi connectivity index (χ3n) is 8.82. The molecule has 0 saturated carbocycles. The van der Waals surface area contributed by atoms with Crippen molar-refractivity contribution < 1.29 is 23.5 Å². The summed E-state index contributed by atoms with van der Waals surface area (Å²) in [6.45, 7) is 1.13. The molecule has 42 heavy (non-hydrogen) atoms. The molecule has 6 nitrogen and oxygen atoms in total. The van der Waals surface area contributed by atoms with Gasteiger partial charge in [-0.05, 0) is 53.1 Å². The molecular formula is C36H31N2O4+. The van der Waals surface area contributed by atoms with Crippen LogP contribution in [0, 0.1) is 0 Å². The molecule has 2 aromatic heterocycles. The van der Waals surface area contributed by atoms with Crippen LogP contribution in [0.15, 0.2) is 85.1 Å². The van der Waals surface area contributed by atoms with Crippen LogP contribution in [-0.2, 0) is 26.4 Å². The summed E-state index contributed by atoms with van der Waals surface area (Å²) < 4.78 is 27.7. The number of rotatable bonds is 5. The minimum absolute atomic E-state index is 0.267. The SMILES string of the molecule is COc1ccc2c(Cc3ccc(-c4cc5ccccc5n4C)cc3)c3[n+](cc2c1OC)CCc1cc2c(cc1-3)OCO2. The second-order valence-corrected chi connectivity index (χ2v) is 11.0. The van der Waals surface area contributed by atoms with Gasteiger partial charge in [0.2, 0.25) is 12.5 Å². The molecule has 2 aliphatic heterocycles. The Morgan fingerprint density at radius 2 is 1.67 bits per heavy atom. The molecule has 4 heterocycles. The summed E-state index contributed by atoms with van der Waals surface area (Å²) in [5, 5.41) is 3.46. The summed E-state index contributed by atoms with van der Waals surface area (Å²) in [4.78, 5) is 0. The summed E-state index contributed by atoms with van der Waals surface area (Å²) in [5.41, 5.74) is 9.85. The number of para-hydroxylation sites is 1. The van der Waals surface area contributed by atoms with E-state index in [9.17, 15) is 0 Å². The predicted molar refractivity (Wildman–Crippen MR) is 164 cm³/mol. The van der Waals surface area contributed by atoms with Crippen molar-refractivity contribution in [3.63, 3.8) is 0 Å². The first kappa shape index (κ1) is 24.8. The van der Waals surface area contributed by atoms with Gasteiger partial charge in [0.15, 0.2) is 35.7 Å². The first-order chi connectivity index (χ1) is 20.6. The maximum atomic E-state index is 5.90. The van der Waals surface area contributed by atoms with Crippen LogP contribution in [-0.4, -0.2) is 25.6 Å². The first-order valence-electron chi connectivity index (χ1n) is 14.3. The Bertz CT molecular complexity index is 2020. The van der Waals surface area contributed by atoms with Gasteiger partial charge in [-0.1, -0.05) is 42.5 Å². The van der Waals surface area contributed by atoms with Crippen molar-refractivity contribution in [3.05, 3.63) is 102 Å². The number of benzene rings is 4. The zero-order valence-electron chi connectivity index (χ0n) is 23.9. The van der Waals surface area contributed by atoms with Crippen molar-refractivity contribution in [2.24, 2.45) is 7.05 Å². The van der Waals surface area contributed by atoms with Crippen LogP contribution < -0.4 is 23.5 Å². The van der Waals surface area contributed by atoms with Gasteiger partial charge >= 0.3 is 0 Å². The Morgan fingerprint density at radius 1 is 0.857 bits per heavy atom. The molecule has 0 unspecified atom stereocenters. The number of nitrogens with zero attached hydrogens (tertiary/aromatic N) is 2. The number of aromatic nitrogens is 2. The molecular weight excluding hydrogens is 524 g/mol. The van der Waals surface area contributed by atoms with Gasteiger partial charge in [-0.3, -0.25) is 0 Å². The molecule has 0 saturated heterocycles. The van der Waals surface area contributed by atoms with Crippen LogP contribution in [0.3, 0.4) is 0 Å². The minimum Gasteiger partial charge on any atom is -0.493 e. The van der Waals surface area contributed by atoms with Crippen LogP contribution in [0.2, 0.25) is 0 Å². The lowest BCUT2D eigenvalue weighted by Gasteiger charge is -2.21. The molecule has 0 bridgehead atoms. The number of hydrogen-bond acceptors (Lipinski definition) is 4. The molecule has 0 N–H and O–H groups in total. The van der Waals surface area contributed by atoms with E-state index in [1.807, 2.05) is 6.07 Å². The summed E-state index contributed by atoms with van der Waals surface area (Å²) in [7, 11) is 5.53. The number of fused-ring (bicyclic) bond motifs is 6. The Morgan fingerprint density at radius 3 is 2.45 bits per heavy atom. The fourth-order valence-electron chi connectivity index (χ4n) is 6.75. The van der Waals surface area contributed by atoms with E-state index in [0.717, 1.165) is 53.2 Å². The van der Waals surface area contributed by atoms with Gasteiger partial charge < -0.3 is 23.5 Å². The standard InChI is InChI=1S/C36H31N2O4/c1-37-30-7-5-4-6-25(30)17-31(37)23-10-8-22(9-11-23)16-28-26-12-13-32(39-2)36(40-3)29(26)20-38-15-14-24-18-33-34(42-21-41-33)19-27(24)35(28)38/h4-13,17-20H,14-16,21H2,1-3H3/q+1. The van der Waals surface area contributed by atoms with Gasteiger partial charge in [0.05, 0.1) is 25.2 Å². The smallest absolute Gasteiger partial charge is 0.231 e. The fourth-order valence-corrected chi connectivity index (χ4v) is 6.75. The Kier molecular flexibility index (Phi) is 5.64. The number of hydrogen-bond donors (Lipinski definition) is 0. The van der Waals surface area contributed by atoms with Crippen molar-refractivity contribution in [3.8, 4) is 45.5 Å². The first-order valence-corrected chi connectivity index (χ1v) is 14.3. The Labute approximate surface area is 244 Å². The maximum Gasteiger partial charge on any atom is 0.231 e. The van der Waals surface area contributed by atoms with E-state index < -0.39 is 0 Å². The molecule has 0 fully saturated rings. The zero-order chi connectivity index (χ0) is 28.4. The van der Waals surface area contributed by atoms with E-state index >= 15 is 0 Å². The van der Waals surface area contributed by atoms with E-state index in [1.54, 1.807) is 14.2 Å². The van der Waals surface area contributed by atoms with E-state index in [0.29, 0.717) is 0 Å². The van der Waals surface area contributed by atoms with Crippen LogP contribution in [0.25, 0.3) is 44.2 Å². The minimum atomic E-state index is 0.267. The lowest BCUT2D eigenvalue weighted by atomic mass is 9.88. The Hall–Kier alpha value is -4.97. The van der Waals surface area contributed by atoms with Crippen LogP contribution in [0.4, 0.5) is 0 Å². The summed E-state index contributed by atoms with van der Waals surface area (Å²) >= 11 is 0. The average molecular weight is 556 g/mol. The van der Waals surface area contributed by atoms with Crippen molar-refractivity contribution >= 4 is 21.7 Å². The zero-order valence-corrected chi connectivity index (χ0v) is 23.9. The Balaban J connectivity index is 1.28. The highest BCUT2D eigenvalue weighted by Gasteiger charge is 2.32. The lowest BCUT2D eigenvalue weighted by Crippen LogP contribution is -2.41. The van der Waals surface area contributed by atoms with Gasteiger partial charge in [0.25, 0.3) is 0 Å². The quantitative estimate of drug-likeness (QED) is 0.219. The van der Waals surface area contributed by atoms with Gasteiger partial charge in [-0.2, -0.15) is 4.57 Å². The van der Waals surface area contributed by atoms with E-state index in [-0.39, 0.29) is 6.79 Å². The van der Waals surface area contributed by atoms with Gasteiger partial charge in [-0.15, -0.1) is 0 Å². The van der Waals surface area contributed by atoms with Gasteiger partial charge in [-0.25, -0.2) is 0 Å². The monoisotopic (exact) mass is 555 g/mol. The molecule has 0 aliphatic carbocycles. The lowest BCUT2D eigenvalue weighted by molar-refractivity contribution is -0.686. The molecule has 0 atom stereocenters. The molecule has 8 rings (SSSR count). The summed E-state index contributed by atoms with van der Waals surface area (Å²) in [5.74, 6) is 3.13. The highest BCUT2D eigenvalue weighted by molar-refractivity contribution is 5.95. The van der Waals surface area contributed by atoms with Crippen molar-refractivity contribution in [2.75, 3.05) is 21.0 Å². The van der Waals surface area contributed by atoms with E-state index in [1.165, 1.54) is 50.1 Å². The van der Waals surface area contributed by atoms with Crippen molar-refractivity contribution in [2.45, 2.75) is 19.4 Å². The van der Waals surface area contributed by atoms with Crippen molar-refractivity contribution in [1.82, 2.24) is 4.57 Å². The molecule has 2 aliphatic rings. The van der Waals surface area contributed by atoms with Gasteiger partial charge in [0.1, 0.15) is 0 Å². The van der Waals surface area contributed by atoms with Crippen molar-refractivity contribution in [1.29, 1.82) is 0 Å². The molecule has 0 radical (unpaired) electrons. The largest absolute Gasteiger partial charge is 0.493 e. The van der Waals surface area contributed by atoms with Crippen LogP contribution >= 0.6 is 0 Å². The van der Waals surface area contributed by atoms with Crippen LogP contribution in [0.5, 0.6) is 23.0 Å². The molecule has 0 spiro atoms. The molecule has 6 heteroatoms. The summed E-state index contributed by atoms with van der Waals surface area (Å²) in [6.07, 6.45) is 3.90. The third-order valence-corrected chi connectivity index (χ3v) is 8.82. The van der Waals surface area contributed by atoms with E-state index in [2.05, 4.69) is 95.2 Å². The van der Waals surface area contributed by atoms with E-state index in [4.69, 9.17) is 18.9 Å².